The molecule has 0 aliphatic rings. The first kappa shape index (κ1) is 15.1. The number of aromatic amines is 1. The largest absolute Gasteiger partial charge is 0.296 e. The SMILES string of the molecule is O=c1c(Cl)cnc2c(-c3ccc(Sc4ccccc4)cc3)c[nH]n12. The molecule has 4 nitrogen and oxygen atoms in total. The first-order chi connectivity index (χ1) is 11.7. The number of H-pyrrole nitrogens is 1. The summed E-state index contributed by atoms with van der Waals surface area (Å²) < 4.78 is 1.35. The van der Waals surface area contributed by atoms with Crippen LogP contribution in [0.5, 0.6) is 0 Å². The van der Waals surface area contributed by atoms with Crippen LogP contribution < -0.4 is 5.56 Å². The lowest BCUT2D eigenvalue weighted by Crippen LogP contribution is -2.14. The topological polar surface area (TPSA) is 50.2 Å². The van der Waals surface area contributed by atoms with Gasteiger partial charge in [-0.3, -0.25) is 9.89 Å². The van der Waals surface area contributed by atoms with Gasteiger partial charge in [0.1, 0.15) is 5.02 Å². The van der Waals surface area contributed by atoms with E-state index in [0.717, 1.165) is 16.0 Å². The smallest absolute Gasteiger partial charge is 0.291 e. The van der Waals surface area contributed by atoms with Gasteiger partial charge in [0, 0.05) is 21.6 Å². The van der Waals surface area contributed by atoms with E-state index in [1.165, 1.54) is 15.6 Å². The summed E-state index contributed by atoms with van der Waals surface area (Å²) in [6.45, 7) is 0. The highest BCUT2D eigenvalue weighted by molar-refractivity contribution is 7.99. The summed E-state index contributed by atoms with van der Waals surface area (Å²) in [4.78, 5) is 18.6. The molecule has 2 aromatic carbocycles. The first-order valence-corrected chi connectivity index (χ1v) is 8.50. The van der Waals surface area contributed by atoms with Crippen molar-refractivity contribution in [3.05, 3.63) is 82.4 Å². The standard InChI is InChI=1S/C18H12ClN3OS/c19-16-11-20-17-15(10-21-22(17)18(16)23)12-6-8-14(9-7-12)24-13-4-2-1-3-5-13/h1-11,21H. The van der Waals surface area contributed by atoms with Crippen molar-refractivity contribution < 1.29 is 0 Å². The van der Waals surface area contributed by atoms with Crippen LogP contribution in [0.3, 0.4) is 0 Å². The van der Waals surface area contributed by atoms with Crippen LogP contribution >= 0.6 is 23.4 Å². The van der Waals surface area contributed by atoms with E-state index < -0.39 is 0 Å². The summed E-state index contributed by atoms with van der Waals surface area (Å²) in [6.07, 6.45) is 3.15. The minimum atomic E-state index is -0.302. The number of nitrogens with one attached hydrogen (secondary N) is 1. The highest BCUT2D eigenvalue weighted by Crippen LogP contribution is 2.30. The Morgan fingerprint density at radius 2 is 1.71 bits per heavy atom. The van der Waals surface area contributed by atoms with Crippen molar-refractivity contribution >= 4 is 29.0 Å². The molecule has 0 atom stereocenters. The van der Waals surface area contributed by atoms with Gasteiger partial charge in [0.2, 0.25) is 0 Å². The third-order valence-corrected chi connectivity index (χ3v) is 4.92. The van der Waals surface area contributed by atoms with Gasteiger partial charge in [-0.1, -0.05) is 53.7 Å². The summed E-state index contributed by atoms with van der Waals surface area (Å²) in [5.74, 6) is 0. The lowest BCUT2D eigenvalue weighted by molar-refractivity contribution is 0.899. The molecule has 118 valence electrons. The summed E-state index contributed by atoms with van der Waals surface area (Å²) in [5, 5.41) is 3.00. The number of nitrogens with zero attached hydrogens (tertiary/aromatic N) is 2. The molecule has 0 fully saturated rings. The fourth-order valence-corrected chi connectivity index (χ4v) is 3.45. The Kier molecular flexibility index (Phi) is 3.88. The van der Waals surface area contributed by atoms with Crippen molar-refractivity contribution in [2.24, 2.45) is 0 Å². The van der Waals surface area contributed by atoms with Crippen molar-refractivity contribution in [3.63, 3.8) is 0 Å². The quantitative estimate of drug-likeness (QED) is 0.590. The van der Waals surface area contributed by atoms with Crippen molar-refractivity contribution in [1.29, 1.82) is 0 Å². The molecule has 2 heterocycles. The van der Waals surface area contributed by atoms with Gasteiger partial charge < -0.3 is 0 Å². The Morgan fingerprint density at radius 3 is 2.46 bits per heavy atom. The van der Waals surface area contributed by atoms with Crippen LogP contribution in [0.4, 0.5) is 0 Å². The maximum atomic E-state index is 12.0. The Balaban J connectivity index is 1.68. The second kappa shape index (κ2) is 6.19. The van der Waals surface area contributed by atoms with Crippen LogP contribution in [0.2, 0.25) is 5.02 Å². The van der Waals surface area contributed by atoms with Gasteiger partial charge in [-0.2, -0.15) is 4.52 Å². The van der Waals surface area contributed by atoms with Gasteiger partial charge in [0.15, 0.2) is 5.65 Å². The Hall–Kier alpha value is -2.50. The van der Waals surface area contributed by atoms with Crippen molar-refractivity contribution in [1.82, 2.24) is 14.6 Å². The Bertz CT molecular complexity index is 1060. The van der Waals surface area contributed by atoms with Crippen LogP contribution in [0.1, 0.15) is 0 Å². The molecule has 0 aliphatic heterocycles. The van der Waals surface area contributed by atoms with Gasteiger partial charge in [-0.05, 0) is 29.8 Å². The second-order valence-electron chi connectivity index (χ2n) is 5.20. The molecule has 2 aromatic heterocycles. The predicted octanol–water partition coefficient (Wildman–Crippen LogP) is 4.49. The molecule has 4 aromatic rings. The van der Waals surface area contributed by atoms with Crippen LogP contribution in [0.25, 0.3) is 16.8 Å². The lowest BCUT2D eigenvalue weighted by atomic mass is 10.1. The molecule has 0 bridgehead atoms. The van der Waals surface area contributed by atoms with Crippen molar-refractivity contribution in [3.8, 4) is 11.1 Å². The highest BCUT2D eigenvalue weighted by atomic mass is 35.5. The molecule has 0 aliphatic carbocycles. The van der Waals surface area contributed by atoms with Gasteiger partial charge >= 0.3 is 0 Å². The zero-order chi connectivity index (χ0) is 16.5. The predicted molar refractivity (Wildman–Crippen MR) is 96.8 cm³/mol. The van der Waals surface area contributed by atoms with Gasteiger partial charge in [0.25, 0.3) is 5.56 Å². The highest BCUT2D eigenvalue weighted by Gasteiger charge is 2.10. The van der Waals surface area contributed by atoms with Crippen LogP contribution in [0, 0.1) is 0 Å². The van der Waals surface area contributed by atoms with E-state index in [4.69, 9.17) is 11.6 Å². The summed E-state index contributed by atoms with van der Waals surface area (Å²) >= 11 is 7.53. The van der Waals surface area contributed by atoms with E-state index in [1.807, 2.05) is 30.3 Å². The van der Waals surface area contributed by atoms with Crippen LogP contribution in [0.15, 0.2) is 81.6 Å². The molecular formula is C18H12ClN3OS. The number of benzene rings is 2. The fourth-order valence-electron chi connectivity index (χ4n) is 2.48. The van der Waals surface area contributed by atoms with E-state index in [0.29, 0.717) is 5.65 Å². The van der Waals surface area contributed by atoms with Gasteiger partial charge in [0.05, 0.1) is 6.20 Å². The molecule has 1 N–H and O–H groups in total. The number of fused-ring (bicyclic) bond motifs is 1. The third-order valence-electron chi connectivity index (χ3n) is 3.64. The molecule has 0 unspecified atom stereocenters. The summed E-state index contributed by atoms with van der Waals surface area (Å²) in [6, 6.07) is 18.4. The molecule has 6 heteroatoms. The second-order valence-corrected chi connectivity index (χ2v) is 6.75. The molecule has 24 heavy (non-hydrogen) atoms. The lowest BCUT2D eigenvalue weighted by Gasteiger charge is -2.03. The van der Waals surface area contributed by atoms with Gasteiger partial charge in [-0.15, -0.1) is 0 Å². The Labute approximate surface area is 147 Å². The molecule has 0 saturated carbocycles. The van der Waals surface area contributed by atoms with E-state index >= 15 is 0 Å². The average molecular weight is 354 g/mol. The zero-order valence-electron chi connectivity index (χ0n) is 12.4. The minimum absolute atomic E-state index is 0.0931. The third kappa shape index (κ3) is 2.72. The Morgan fingerprint density at radius 1 is 1.00 bits per heavy atom. The van der Waals surface area contributed by atoms with E-state index in [9.17, 15) is 4.79 Å². The van der Waals surface area contributed by atoms with Crippen molar-refractivity contribution in [2.75, 3.05) is 0 Å². The molecule has 0 saturated heterocycles. The maximum Gasteiger partial charge on any atom is 0.291 e. The monoisotopic (exact) mass is 353 g/mol. The average Bonchev–Trinajstić information content (AvgIpc) is 3.04. The molecule has 4 rings (SSSR count). The molecule has 0 spiro atoms. The van der Waals surface area contributed by atoms with Crippen molar-refractivity contribution in [2.45, 2.75) is 9.79 Å². The maximum absolute atomic E-state index is 12.0. The summed E-state index contributed by atoms with van der Waals surface area (Å²) in [5.41, 5.74) is 2.11. The first-order valence-electron chi connectivity index (χ1n) is 7.30. The van der Waals surface area contributed by atoms with Crippen LogP contribution in [-0.4, -0.2) is 14.6 Å². The number of aromatic nitrogens is 3. The zero-order valence-corrected chi connectivity index (χ0v) is 14.0. The molecular weight excluding hydrogens is 342 g/mol. The normalized spacial score (nSPS) is 11.0. The number of hydrogen-bond donors (Lipinski definition) is 1. The number of halogens is 1. The van der Waals surface area contributed by atoms with Gasteiger partial charge in [-0.25, -0.2) is 4.98 Å². The summed E-state index contributed by atoms with van der Waals surface area (Å²) in [7, 11) is 0. The fraction of sp³-hybridized carbons (Fsp3) is 0. The van der Waals surface area contributed by atoms with E-state index in [2.05, 4.69) is 34.3 Å². The molecule has 0 radical (unpaired) electrons. The van der Waals surface area contributed by atoms with E-state index in [-0.39, 0.29) is 10.6 Å². The molecule has 0 amide bonds. The van der Waals surface area contributed by atoms with Crippen LogP contribution in [-0.2, 0) is 0 Å². The minimum Gasteiger partial charge on any atom is -0.296 e. The van der Waals surface area contributed by atoms with E-state index in [1.54, 1.807) is 18.0 Å². The number of rotatable bonds is 3. The number of hydrogen-bond acceptors (Lipinski definition) is 3.